The first-order valence-corrected chi connectivity index (χ1v) is 6.56. The predicted molar refractivity (Wildman–Crippen MR) is 73.3 cm³/mol. The molecule has 1 aromatic carbocycles. The number of methoxy groups -OCH3 is 1. The molecule has 2 unspecified atom stereocenters. The molecule has 0 saturated heterocycles. The van der Waals surface area contributed by atoms with E-state index >= 15 is 0 Å². The molecule has 0 saturated carbocycles. The van der Waals surface area contributed by atoms with Crippen LogP contribution in [-0.4, -0.2) is 24.4 Å². The van der Waals surface area contributed by atoms with Crippen molar-refractivity contribution in [3.63, 3.8) is 0 Å². The van der Waals surface area contributed by atoms with E-state index in [0.29, 0.717) is 6.04 Å². The van der Waals surface area contributed by atoms with Crippen LogP contribution in [0.1, 0.15) is 25.8 Å². The first-order chi connectivity index (χ1) is 8.02. The molecule has 1 aromatic rings. The molecule has 0 bridgehead atoms. The van der Waals surface area contributed by atoms with Crippen LogP contribution in [0.4, 0.5) is 0 Å². The van der Waals surface area contributed by atoms with Crippen molar-refractivity contribution in [3.8, 4) is 5.75 Å². The van der Waals surface area contributed by atoms with E-state index in [1.54, 1.807) is 7.11 Å². The summed E-state index contributed by atoms with van der Waals surface area (Å²) in [5.41, 5.74) is 1.19. The fourth-order valence-corrected chi connectivity index (χ4v) is 2.30. The van der Waals surface area contributed by atoms with Crippen LogP contribution in [0, 0.1) is 0 Å². The molecule has 4 heteroatoms. The number of benzene rings is 1. The number of aliphatic hydroxyl groups is 1. The summed E-state index contributed by atoms with van der Waals surface area (Å²) in [4.78, 5) is 0. The van der Waals surface area contributed by atoms with E-state index in [0.717, 1.165) is 23.2 Å². The summed E-state index contributed by atoms with van der Waals surface area (Å²) in [6.07, 6.45) is 0.497. The average Bonchev–Trinajstić information content (AvgIpc) is 2.25. The number of aliphatic hydroxyl groups excluding tert-OH is 1. The summed E-state index contributed by atoms with van der Waals surface area (Å²) in [5.74, 6) is 0.839. The minimum atomic E-state index is -0.264. The smallest absolute Gasteiger partial charge is 0.133 e. The predicted octanol–water partition coefficient (Wildman–Crippen LogP) is 2.71. The van der Waals surface area contributed by atoms with Gasteiger partial charge < -0.3 is 15.2 Å². The minimum absolute atomic E-state index is 0.264. The van der Waals surface area contributed by atoms with Gasteiger partial charge in [-0.1, -0.05) is 6.07 Å². The quantitative estimate of drug-likeness (QED) is 0.849. The van der Waals surface area contributed by atoms with Gasteiger partial charge in [-0.2, -0.15) is 0 Å². The second-order valence-electron chi connectivity index (χ2n) is 4.34. The van der Waals surface area contributed by atoms with Crippen molar-refractivity contribution >= 4 is 15.9 Å². The van der Waals surface area contributed by atoms with Gasteiger partial charge in [0, 0.05) is 12.6 Å². The third kappa shape index (κ3) is 5.06. The second kappa shape index (κ2) is 6.99. The Labute approximate surface area is 111 Å². The second-order valence-corrected chi connectivity index (χ2v) is 5.19. The van der Waals surface area contributed by atoms with Crippen molar-refractivity contribution in [3.05, 3.63) is 28.2 Å². The normalized spacial score (nSPS) is 14.4. The molecule has 2 atom stereocenters. The first-order valence-electron chi connectivity index (χ1n) is 5.76. The highest BCUT2D eigenvalue weighted by molar-refractivity contribution is 9.10. The van der Waals surface area contributed by atoms with Crippen molar-refractivity contribution in [2.45, 2.75) is 39.0 Å². The van der Waals surface area contributed by atoms with Gasteiger partial charge in [-0.25, -0.2) is 0 Å². The van der Waals surface area contributed by atoms with Crippen LogP contribution in [0.3, 0.4) is 0 Å². The van der Waals surface area contributed by atoms with Gasteiger partial charge in [-0.3, -0.25) is 0 Å². The third-order valence-corrected chi connectivity index (χ3v) is 3.19. The van der Waals surface area contributed by atoms with Crippen LogP contribution in [0.25, 0.3) is 0 Å². The lowest BCUT2D eigenvalue weighted by Crippen LogP contribution is -2.28. The zero-order valence-corrected chi connectivity index (χ0v) is 12.1. The topological polar surface area (TPSA) is 41.5 Å². The zero-order valence-electron chi connectivity index (χ0n) is 10.5. The summed E-state index contributed by atoms with van der Waals surface area (Å²) in [6.45, 7) is 4.67. The van der Waals surface area contributed by atoms with E-state index in [-0.39, 0.29) is 6.10 Å². The van der Waals surface area contributed by atoms with E-state index in [1.807, 2.05) is 25.1 Å². The van der Waals surface area contributed by atoms with Gasteiger partial charge >= 0.3 is 0 Å². The Bertz CT molecular complexity index is 355. The Morgan fingerprint density at radius 3 is 2.65 bits per heavy atom. The molecule has 17 heavy (non-hydrogen) atoms. The number of nitrogens with one attached hydrogen (secondary N) is 1. The molecular weight excluding hydrogens is 282 g/mol. The molecule has 0 radical (unpaired) electrons. The van der Waals surface area contributed by atoms with Crippen LogP contribution in [0.15, 0.2) is 22.7 Å². The van der Waals surface area contributed by atoms with Gasteiger partial charge in [0.1, 0.15) is 5.75 Å². The van der Waals surface area contributed by atoms with Crippen molar-refractivity contribution in [2.24, 2.45) is 0 Å². The maximum atomic E-state index is 9.27. The number of hydrogen-bond acceptors (Lipinski definition) is 3. The highest BCUT2D eigenvalue weighted by Crippen LogP contribution is 2.25. The van der Waals surface area contributed by atoms with Crippen molar-refractivity contribution in [1.82, 2.24) is 5.32 Å². The van der Waals surface area contributed by atoms with Gasteiger partial charge in [0.2, 0.25) is 0 Å². The minimum Gasteiger partial charge on any atom is -0.496 e. The first kappa shape index (κ1) is 14.5. The Morgan fingerprint density at radius 1 is 1.41 bits per heavy atom. The fraction of sp³-hybridized carbons (Fsp3) is 0.538. The lowest BCUT2D eigenvalue weighted by atomic mass is 10.1. The Hall–Kier alpha value is -0.580. The van der Waals surface area contributed by atoms with Crippen LogP contribution in [-0.2, 0) is 6.54 Å². The highest BCUT2D eigenvalue weighted by atomic mass is 79.9. The van der Waals surface area contributed by atoms with E-state index in [2.05, 4.69) is 28.2 Å². The Morgan fingerprint density at radius 2 is 2.12 bits per heavy atom. The number of ether oxygens (including phenoxy) is 1. The van der Waals surface area contributed by atoms with E-state index in [4.69, 9.17) is 4.74 Å². The van der Waals surface area contributed by atoms with Crippen LogP contribution < -0.4 is 10.1 Å². The molecule has 0 heterocycles. The van der Waals surface area contributed by atoms with Gasteiger partial charge in [0.15, 0.2) is 0 Å². The maximum Gasteiger partial charge on any atom is 0.133 e. The molecule has 96 valence electrons. The number of rotatable bonds is 6. The van der Waals surface area contributed by atoms with Gasteiger partial charge in [-0.05, 0) is 53.9 Å². The monoisotopic (exact) mass is 301 g/mol. The van der Waals surface area contributed by atoms with Crippen molar-refractivity contribution < 1.29 is 9.84 Å². The van der Waals surface area contributed by atoms with Crippen LogP contribution >= 0.6 is 15.9 Å². The number of halogens is 1. The van der Waals surface area contributed by atoms with Gasteiger partial charge in [0.25, 0.3) is 0 Å². The lowest BCUT2D eigenvalue weighted by molar-refractivity contribution is 0.170. The van der Waals surface area contributed by atoms with E-state index in [9.17, 15) is 5.11 Å². The van der Waals surface area contributed by atoms with E-state index < -0.39 is 0 Å². The molecular formula is C13H20BrNO2. The number of hydrogen-bond donors (Lipinski definition) is 2. The summed E-state index contributed by atoms with van der Waals surface area (Å²) >= 11 is 3.46. The molecule has 0 aliphatic carbocycles. The molecule has 0 fully saturated rings. The van der Waals surface area contributed by atoms with Gasteiger partial charge in [0.05, 0.1) is 17.7 Å². The van der Waals surface area contributed by atoms with Gasteiger partial charge in [-0.15, -0.1) is 0 Å². The molecule has 1 rings (SSSR count). The summed E-state index contributed by atoms with van der Waals surface area (Å²) in [7, 11) is 1.66. The van der Waals surface area contributed by atoms with Crippen molar-refractivity contribution in [1.29, 1.82) is 0 Å². The molecule has 0 aliphatic rings. The molecule has 0 aliphatic heterocycles. The van der Waals surface area contributed by atoms with Crippen LogP contribution in [0.5, 0.6) is 5.75 Å². The maximum absolute atomic E-state index is 9.27. The highest BCUT2D eigenvalue weighted by Gasteiger charge is 2.06. The SMILES string of the molecule is COc1ccc(CNC(C)CC(C)O)cc1Br. The molecule has 0 spiro atoms. The summed E-state index contributed by atoms with van der Waals surface area (Å²) < 4.78 is 6.14. The molecule has 0 aromatic heterocycles. The fourth-order valence-electron chi connectivity index (χ4n) is 1.71. The molecule has 3 nitrogen and oxygen atoms in total. The zero-order chi connectivity index (χ0) is 12.8. The lowest BCUT2D eigenvalue weighted by Gasteiger charge is -2.15. The molecule has 0 amide bonds. The Balaban J connectivity index is 2.49. The van der Waals surface area contributed by atoms with Crippen LogP contribution in [0.2, 0.25) is 0 Å². The average molecular weight is 302 g/mol. The standard InChI is InChI=1S/C13H20BrNO2/c1-9(6-10(2)16)15-8-11-4-5-13(17-3)12(14)7-11/h4-5,7,9-10,15-16H,6,8H2,1-3H3. The van der Waals surface area contributed by atoms with E-state index in [1.165, 1.54) is 5.56 Å². The summed E-state index contributed by atoms with van der Waals surface area (Å²) in [6, 6.07) is 6.32. The summed E-state index contributed by atoms with van der Waals surface area (Å²) in [5, 5.41) is 12.6. The molecule has 2 N–H and O–H groups in total. The third-order valence-electron chi connectivity index (χ3n) is 2.57. The Kier molecular flexibility index (Phi) is 5.95. The van der Waals surface area contributed by atoms with Crippen molar-refractivity contribution in [2.75, 3.05) is 7.11 Å². The largest absolute Gasteiger partial charge is 0.496 e.